The molecule has 1 aromatic heterocycles. The summed E-state index contributed by atoms with van der Waals surface area (Å²) in [5, 5.41) is 2.78. The number of benzene rings is 2. The van der Waals surface area contributed by atoms with E-state index in [0.29, 0.717) is 11.4 Å². The maximum Gasteiger partial charge on any atom is 0.421 e. The third kappa shape index (κ3) is 4.33. The number of nitrogens with one attached hydrogen (secondary N) is 1. The van der Waals surface area contributed by atoms with Gasteiger partial charge in [-0.05, 0) is 43.3 Å². The Hall–Kier alpha value is -3.16. The Morgan fingerprint density at radius 3 is 2.19 bits per heavy atom. The molecule has 2 aromatic carbocycles. The third-order valence-electron chi connectivity index (χ3n) is 3.91. The van der Waals surface area contributed by atoms with Crippen molar-refractivity contribution < 1.29 is 17.6 Å². The summed E-state index contributed by atoms with van der Waals surface area (Å²) in [5.74, 6) is -0.733. The summed E-state index contributed by atoms with van der Waals surface area (Å²) in [5.41, 5.74) is 1.05. The molecule has 0 saturated heterocycles. The fraction of sp³-hybridized carbons (Fsp3) is 0.158. The lowest BCUT2D eigenvalue weighted by molar-refractivity contribution is -0.137. The van der Waals surface area contributed by atoms with Crippen molar-refractivity contribution in [3.05, 3.63) is 71.7 Å². The first-order chi connectivity index (χ1) is 12.7. The first-order valence-corrected chi connectivity index (χ1v) is 8.01. The van der Waals surface area contributed by atoms with Gasteiger partial charge in [0.15, 0.2) is 5.82 Å². The minimum Gasteiger partial charge on any atom is -0.329 e. The molecule has 1 N–H and O–H groups in total. The van der Waals surface area contributed by atoms with E-state index in [0.717, 1.165) is 11.8 Å². The zero-order valence-electron chi connectivity index (χ0n) is 14.5. The number of aromatic nitrogens is 2. The van der Waals surface area contributed by atoms with E-state index in [-0.39, 0.29) is 11.8 Å². The minimum absolute atomic E-state index is 0.0245. The average molecular weight is 376 g/mol. The molecule has 0 spiro atoms. The van der Waals surface area contributed by atoms with E-state index in [1.54, 1.807) is 24.3 Å². The number of anilines is 4. The van der Waals surface area contributed by atoms with E-state index in [9.17, 15) is 17.6 Å². The largest absolute Gasteiger partial charge is 0.421 e. The molecule has 0 aliphatic carbocycles. The van der Waals surface area contributed by atoms with Crippen molar-refractivity contribution in [2.45, 2.75) is 13.1 Å². The van der Waals surface area contributed by atoms with Crippen molar-refractivity contribution in [1.82, 2.24) is 9.97 Å². The quantitative estimate of drug-likeness (QED) is 0.615. The van der Waals surface area contributed by atoms with Gasteiger partial charge >= 0.3 is 6.18 Å². The summed E-state index contributed by atoms with van der Waals surface area (Å²) in [6.07, 6.45) is -3.87. The Bertz CT molecular complexity index is 922. The molecule has 0 atom stereocenters. The number of halogens is 4. The molecule has 3 aromatic rings. The van der Waals surface area contributed by atoms with Gasteiger partial charge in [0.25, 0.3) is 0 Å². The molecular weight excluding hydrogens is 360 g/mol. The molecule has 0 amide bonds. The van der Waals surface area contributed by atoms with E-state index in [1.165, 1.54) is 36.2 Å². The van der Waals surface area contributed by atoms with E-state index in [4.69, 9.17) is 0 Å². The van der Waals surface area contributed by atoms with Crippen LogP contribution in [0.3, 0.4) is 0 Å². The fourth-order valence-corrected chi connectivity index (χ4v) is 2.44. The zero-order chi connectivity index (χ0) is 19.6. The molecule has 3 rings (SSSR count). The summed E-state index contributed by atoms with van der Waals surface area (Å²) < 4.78 is 53.3. The van der Waals surface area contributed by atoms with Crippen LogP contribution in [0.1, 0.15) is 11.1 Å². The maximum atomic E-state index is 13.4. The van der Waals surface area contributed by atoms with Gasteiger partial charge in [-0.3, -0.25) is 0 Å². The minimum atomic E-state index is -4.61. The van der Waals surface area contributed by atoms with Gasteiger partial charge < -0.3 is 10.2 Å². The van der Waals surface area contributed by atoms with Gasteiger partial charge in [0.05, 0.1) is 0 Å². The second-order valence-corrected chi connectivity index (χ2v) is 5.96. The summed E-state index contributed by atoms with van der Waals surface area (Å²) in [4.78, 5) is 9.14. The SMILES string of the molecule is Cc1ccc(N(C)c2nc(Nc3ccc(F)cc3)ncc2C(F)(F)F)cc1. The molecule has 4 nitrogen and oxygen atoms in total. The van der Waals surface area contributed by atoms with E-state index in [1.807, 2.05) is 6.92 Å². The Kier molecular flexibility index (Phi) is 4.98. The number of nitrogens with zero attached hydrogens (tertiary/aromatic N) is 3. The number of rotatable bonds is 4. The van der Waals surface area contributed by atoms with Crippen molar-refractivity contribution in [2.24, 2.45) is 0 Å². The van der Waals surface area contributed by atoms with Crippen molar-refractivity contribution in [3.63, 3.8) is 0 Å². The first kappa shape index (κ1) is 18.6. The van der Waals surface area contributed by atoms with Crippen molar-refractivity contribution >= 4 is 23.1 Å². The van der Waals surface area contributed by atoms with Crippen LogP contribution in [0.4, 0.5) is 40.7 Å². The Labute approximate surface area is 153 Å². The lowest BCUT2D eigenvalue weighted by Crippen LogP contribution is -2.19. The predicted octanol–water partition coefficient (Wildman–Crippen LogP) is 5.45. The van der Waals surface area contributed by atoms with Gasteiger partial charge in [0.1, 0.15) is 11.4 Å². The maximum absolute atomic E-state index is 13.4. The highest BCUT2D eigenvalue weighted by molar-refractivity contribution is 5.65. The molecule has 0 fully saturated rings. The molecule has 27 heavy (non-hydrogen) atoms. The molecule has 140 valence electrons. The van der Waals surface area contributed by atoms with Crippen molar-refractivity contribution in [3.8, 4) is 0 Å². The van der Waals surface area contributed by atoms with E-state index in [2.05, 4.69) is 15.3 Å². The second kappa shape index (κ2) is 7.22. The van der Waals surface area contributed by atoms with Crippen LogP contribution in [-0.4, -0.2) is 17.0 Å². The molecule has 8 heteroatoms. The smallest absolute Gasteiger partial charge is 0.329 e. The lowest BCUT2D eigenvalue weighted by Gasteiger charge is -2.23. The van der Waals surface area contributed by atoms with Gasteiger partial charge in [-0.15, -0.1) is 0 Å². The molecule has 0 aliphatic rings. The van der Waals surface area contributed by atoms with Gasteiger partial charge in [0, 0.05) is 24.6 Å². The molecule has 0 saturated carbocycles. The second-order valence-electron chi connectivity index (χ2n) is 5.96. The highest BCUT2D eigenvalue weighted by atomic mass is 19.4. The Balaban J connectivity index is 2.00. The fourth-order valence-electron chi connectivity index (χ4n) is 2.44. The van der Waals surface area contributed by atoms with Crippen molar-refractivity contribution in [2.75, 3.05) is 17.3 Å². The summed E-state index contributed by atoms with van der Waals surface area (Å²) in [7, 11) is 1.50. The first-order valence-electron chi connectivity index (χ1n) is 8.01. The molecule has 0 bridgehead atoms. The van der Waals surface area contributed by atoms with E-state index < -0.39 is 17.6 Å². The average Bonchev–Trinajstić information content (AvgIpc) is 2.63. The molecule has 0 radical (unpaired) electrons. The Morgan fingerprint density at radius 1 is 0.963 bits per heavy atom. The van der Waals surface area contributed by atoms with Gasteiger partial charge in [-0.2, -0.15) is 18.2 Å². The van der Waals surface area contributed by atoms with Crippen LogP contribution in [0.15, 0.2) is 54.7 Å². The topological polar surface area (TPSA) is 41.1 Å². The van der Waals surface area contributed by atoms with Crippen LogP contribution in [0, 0.1) is 12.7 Å². The summed E-state index contributed by atoms with van der Waals surface area (Å²) in [6, 6.07) is 12.4. The molecule has 0 aliphatic heterocycles. The summed E-state index contributed by atoms with van der Waals surface area (Å²) in [6.45, 7) is 1.89. The van der Waals surface area contributed by atoms with Crippen LogP contribution in [0.2, 0.25) is 0 Å². The number of aryl methyl sites for hydroxylation is 1. The van der Waals surface area contributed by atoms with E-state index >= 15 is 0 Å². The van der Waals surface area contributed by atoms with Gasteiger partial charge in [-0.1, -0.05) is 17.7 Å². The van der Waals surface area contributed by atoms with Gasteiger partial charge in [-0.25, -0.2) is 9.37 Å². The van der Waals surface area contributed by atoms with Crippen LogP contribution in [0.5, 0.6) is 0 Å². The predicted molar refractivity (Wildman–Crippen MR) is 96.0 cm³/mol. The number of hydrogen-bond acceptors (Lipinski definition) is 4. The number of hydrogen-bond donors (Lipinski definition) is 1. The summed E-state index contributed by atoms with van der Waals surface area (Å²) >= 11 is 0. The molecular formula is C19H16F4N4. The third-order valence-corrected chi connectivity index (χ3v) is 3.91. The van der Waals surface area contributed by atoms with Crippen molar-refractivity contribution in [1.29, 1.82) is 0 Å². The lowest BCUT2D eigenvalue weighted by atomic mass is 10.2. The van der Waals surface area contributed by atoms with Crippen LogP contribution < -0.4 is 10.2 Å². The number of alkyl halides is 3. The molecule has 0 unspecified atom stereocenters. The monoisotopic (exact) mass is 376 g/mol. The highest BCUT2D eigenvalue weighted by Crippen LogP contribution is 2.37. The zero-order valence-corrected chi connectivity index (χ0v) is 14.5. The molecule has 1 heterocycles. The standard InChI is InChI=1S/C19H16F4N4/c1-12-3-9-15(10-4-12)27(2)17-16(19(21,22)23)11-24-18(26-17)25-14-7-5-13(20)6-8-14/h3-11H,1-2H3,(H,24,25,26). The normalized spacial score (nSPS) is 11.3. The van der Waals surface area contributed by atoms with Crippen LogP contribution in [0.25, 0.3) is 0 Å². The van der Waals surface area contributed by atoms with Crippen LogP contribution in [-0.2, 0) is 6.18 Å². The van der Waals surface area contributed by atoms with Crippen LogP contribution >= 0.6 is 0 Å². The van der Waals surface area contributed by atoms with Gasteiger partial charge in [0.2, 0.25) is 5.95 Å². The highest BCUT2D eigenvalue weighted by Gasteiger charge is 2.36. The Morgan fingerprint density at radius 2 is 1.59 bits per heavy atom.